The number of carbonyl (C=O) groups excluding carboxylic acids is 1. The first-order valence-corrected chi connectivity index (χ1v) is 9.28. The lowest BCUT2D eigenvalue weighted by Gasteiger charge is -2.07. The first kappa shape index (κ1) is 18.5. The number of aryl methyl sites for hydroxylation is 1. The van der Waals surface area contributed by atoms with E-state index in [4.69, 9.17) is 4.52 Å². The van der Waals surface area contributed by atoms with Crippen LogP contribution in [0.3, 0.4) is 0 Å². The van der Waals surface area contributed by atoms with Crippen LogP contribution in [-0.4, -0.2) is 25.6 Å². The monoisotopic (exact) mass is 385 g/mol. The molecule has 0 saturated carbocycles. The minimum Gasteiger partial charge on any atom is -0.339 e. The van der Waals surface area contributed by atoms with Crippen molar-refractivity contribution in [3.63, 3.8) is 0 Å². The molecular formula is C22H19N5O2. The third kappa shape index (κ3) is 4.90. The van der Waals surface area contributed by atoms with Crippen molar-refractivity contribution in [2.45, 2.75) is 19.4 Å². The predicted molar refractivity (Wildman–Crippen MR) is 106 cm³/mol. The zero-order valence-corrected chi connectivity index (χ0v) is 15.7. The molecule has 0 spiro atoms. The van der Waals surface area contributed by atoms with Crippen LogP contribution in [0.4, 0.5) is 0 Å². The lowest BCUT2D eigenvalue weighted by Crippen LogP contribution is -2.22. The Kier molecular flexibility index (Phi) is 5.66. The molecule has 4 aromatic rings. The quantitative estimate of drug-likeness (QED) is 0.509. The Labute approximate surface area is 167 Å². The van der Waals surface area contributed by atoms with Gasteiger partial charge in [0.15, 0.2) is 0 Å². The summed E-state index contributed by atoms with van der Waals surface area (Å²) in [7, 11) is 0. The van der Waals surface area contributed by atoms with E-state index >= 15 is 0 Å². The number of pyridine rings is 2. The van der Waals surface area contributed by atoms with Gasteiger partial charge in [-0.25, -0.2) is 0 Å². The maximum absolute atomic E-state index is 12.4. The lowest BCUT2D eigenvalue weighted by molar-refractivity contribution is -0.118. The highest BCUT2D eigenvalue weighted by Crippen LogP contribution is 2.14. The van der Waals surface area contributed by atoms with E-state index in [1.807, 2.05) is 59.3 Å². The Bertz CT molecular complexity index is 1150. The van der Waals surface area contributed by atoms with Crippen molar-refractivity contribution in [1.82, 2.24) is 19.7 Å². The van der Waals surface area contributed by atoms with E-state index in [1.165, 1.54) is 0 Å². The molecule has 0 saturated heterocycles. The van der Waals surface area contributed by atoms with E-state index in [1.54, 1.807) is 24.5 Å². The number of amides is 1. The van der Waals surface area contributed by atoms with Gasteiger partial charge in [-0.3, -0.25) is 9.78 Å². The Balaban J connectivity index is 1.44. The molecule has 1 amide bonds. The van der Waals surface area contributed by atoms with Crippen molar-refractivity contribution in [3.05, 3.63) is 96.2 Å². The van der Waals surface area contributed by atoms with Gasteiger partial charge in [0.25, 0.3) is 0 Å². The Morgan fingerprint density at radius 3 is 2.62 bits per heavy atom. The molecule has 4 rings (SSSR count). The molecule has 0 unspecified atom stereocenters. The van der Waals surface area contributed by atoms with Gasteiger partial charge in [-0.1, -0.05) is 41.6 Å². The number of benzene rings is 1. The fourth-order valence-electron chi connectivity index (χ4n) is 2.85. The molecule has 0 aliphatic heterocycles. The van der Waals surface area contributed by atoms with Crippen LogP contribution in [0.25, 0.3) is 11.4 Å². The topological polar surface area (TPSA) is 86.2 Å². The van der Waals surface area contributed by atoms with Crippen molar-refractivity contribution >= 4 is 5.91 Å². The van der Waals surface area contributed by atoms with Crippen LogP contribution in [0.15, 0.2) is 88.8 Å². The molecule has 144 valence electrons. The van der Waals surface area contributed by atoms with Gasteiger partial charge >= 0.3 is 0 Å². The second-order valence-electron chi connectivity index (χ2n) is 6.43. The van der Waals surface area contributed by atoms with Gasteiger partial charge in [0.2, 0.25) is 17.6 Å². The summed E-state index contributed by atoms with van der Waals surface area (Å²) in [5.74, 6) is 0.655. The third-order valence-electron chi connectivity index (χ3n) is 4.31. The Morgan fingerprint density at radius 2 is 1.79 bits per heavy atom. The van der Waals surface area contributed by atoms with E-state index in [0.29, 0.717) is 30.2 Å². The predicted octanol–water partition coefficient (Wildman–Crippen LogP) is 3.04. The van der Waals surface area contributed by atoms with Crippen LogP contribution in [0.5, 0.6) is 0 Å². The first-order valence-electron chi connectivity index (χ1n) is 9.28. The molecule has 29 heavy (non-hydrogen) atoms. The van der Waals surface area contributed by atoms with Crippen molar-refractivity contribution in [3.8, 4) is 11.4 Å². The second kappa shape index (κ2) is 8.88. The number of carbonyl (C=O) groups is 1. The van der Waals surface area contributed by atoms with Crippen LogP contribution in [0.2, 0.25) is 0 Å². The van der Waals surface area contributed by atoms with Gasteiger partial charge < -0.3 is 9.09 Å². The molecule has 3 heterocycles. The van der Waals surface area contributed by atoms with E-state index in [-0.39, 0.29) is 12.3 Å². The zero-order chi connectivity index (χ0) is 19.9. The fraction of sp³-hybridized carbons (Fsp3) is 0.136. The molecule has 0 atom stereocenters. The van der Waals surface area contributed by atoms with E-state index in [0.717, 1.165) is 11.1 Å². The van der Waals surface area contributed by atoms with E-state index in [2.05, 4.69) is 20.1 Å². The summed E-state index contributed by atoms with van der Waals surface area (Å²) in [5.41, 5.74) is 2.57. The number of nitrogens with zero attached hydrogens (tertiary/aromatic N) is 5. The van der Waals surface area contributed by atoms with Gasteiger partial charge in [-0.2, -0.15) is 9.98 Å². The third-order valence-corrected chi connectivity index (χ3v) is 4.31. The molecule has 0 fully saturated rings. The largest absolute Gasteiger partial charge is 0.339 e. The van der Waals surface area contributed by atoms with Crippen molar-refractivity contribution < 1.29 is 9.32 Å². The van der Waals surface area contributed by atoms with Gasteiger partial charge in [0.05, 0.1) is 0 Å². The zero-order valence-electron chi connectivity index (χ0n) is 15.7. The fourth-order valence-corrected chi connectivity index (χ4v) is 2.85. The van der Waals surface area contributed by atoms with Crippen molar-refractivity contribution in [1.29, 1.82) is 0 Å². The summed E-state index contributed by atoms with van der Waals surface area (Å²) < 4.78 is 7.19. The molecule has 0 aliphatic rings. The molecule has 0 N–H and O–H groups in total. The molecule has 0 aliphatic carbocycles. The van der Waals surface area contributed by atoms with Gasteiger partial charge in [0, 0.05) is 43.5 Å². The minimum atomic E-state index is -0.235. The number of aromatic nitrogens is 4. The molecule has 7 nitrogen and oxygen atoms in total. The minimum absolute atomic E-state index is 0.193. The SMILES string of the molecule is O=C(CCc1nc(-c2ccncc2)no1)N=c1ccccn1Cc1ccccc1. The van der Waals surface area contributed by atoms with E-state index < -0.39 is 0 Å². The molecule has 0 radical (unpaired) electrons. The standard InChI is InChI=1S/C22H19N5O2/c28-20(9-10-21-25-22(26-29-21)18-11-13-23-14-12-18)24-19-8-4-5-15-27(19)16-17-6-2-1-3-7-17/h1-8,11-15H,9-10,16H2. The van der Waals surface area contributed by atoms with Crippen LogP contribution < -0.4 is 5.49 Å². The van der Waals surface area contributed by atoms with Crippen LogP contribution in [0, 0.1) is 0 Å². The highest BCUT2D eigenvalue weighted by atomic mass is 16.5. The van der Waals surface area contributed by atoms with Gasteiger partial charge in [0.1, 0.15) is 5.49 Å². The molecule has 1 aromatic carbocycles. The first-order chi connectivity index (χ1) is 14.3. The van der Waals surface area contributed by atoms with Crippen molar-refractivity contribution in [2.75, 3.05) is 0 Å². The lowest BCUT2D eigenvalue weighted by atomic mass is 10.2. The summed E-state index contributed by atoms with van der Waals surface area (Å²) in [6.45, 7) is 0.646. The van der Waals surface area contributed by atoms with Crippen LogP contribution in [0.1, 0.15) is 17.9 Å². The maximum Gasteiger partial charge on any atom is 0.248 e. The highest BCUT2D eigenvalue weighted by molar-refractivity contribution is 5.76. The summed E-state index contributed by atoms with van der Waals surface area (Å²) in [5, 5.41) is 3.95. The molecular weight excluding hydrogens is 366 g/mol. The maximum atomic E-state index is 12.4. The van der Waals surface area contributed by atoms with Crippen LogP contribution >= 0.6 is 0 Å². The summed E-state index contributed by atoms with van der Waals surface area (Å²) in [6, 6.07) is 19.3. The molecule has 0 bridgehead atoms. The van der Waals surface area contributed by atoms with Gasteiger partial charge in [-0.15, -0.1) is 0 Å². The number of rotatable bonds is 6. The summed E-state index contributed by atoms with van der Waals surface area (Å²) >= 11 is 0. The number of hydrogen-bond acceptors (Lipinski definition) is 5. The van der Waals surface area contributed by atoms with Crippen molar-refractivity contribution in [2.24, 2.45) is 4.99 Å². The van der Waals surface area contributed by atoms with Gasteiger partial charge in [-0.05, 0) is 29.8 Å². The average Bonchev–Trinajstić information content (AvgIpc) is 3.24. The summed E-state index contributed by atoms with van der Waals surface area (Å²) in [4.78, 5) is 24.9. The average molecular weight is 385 g/mol. The highest BCUT2D eigenvalue weighted by Gasteiger charge is 2.10. The summed E-state index contributed by atoms with van der Waals surface area (Å²) in [6.07, 6.45) is 5.78. The molecule has 3 aromatic heterocycles. The number of hydrogen-bond donors (Lipinski definition) is 0. The smallest absolute Gasteiger partial charge is 0.248 e. The van der Waals surface area contributed by atoms with E-state index in [9.17, 15) is 4.79 Å². The normalized spacial score (nSPS) is 11.5. The Morgan fingerprint density at radius 1 is 1.00 bits per heavy atom. The molecule has 7 heteroatoms. The second-order valence-corrected chi connectivity index (χ2v) is 6.43. The Hall–Kier alpha value is -3.87. The van der Waals surface area contributed by atoms with Crippen LogP contribution in [-0.2, 0) is 17.8 Å².